The summed E-state index contributed by atoms with van der Waals surface area (Å²) in [6, 6.07) is 31.0. The van der Waals surface area contributed by atoms with Crippen LogP contribution < -0.4 is 4.90 Å². The van der Waals surface area contributed by atoms with E-state index in [0.717, 1.165) is 34.1 Å². The first-order valence-electron chi connectivity index (χ1n) is 9.17. The van der Waals surface area contributed by atoms with E-state index in [0.29, 0.717) is 0 Å². The number of para-hydroxylation sites is 1. The van der Waals surface area contributed by atoms with Gasteiger partial charge in [-0.05, 0) is 36.0 Å². The second kappa shape index (κ2) is 9.20. The number of hydrogen-bond donors (Lipinski definition) is 0. The van der Waals surface area contributed by atoms with Crippen LogP contribution >= 0.6 is 11.3 Å². The van der Waals surface area contributed by atoms with Gasteiger partial charge in [0.05, 0.1) is 0 Å². The van der Waals surface area contributed by atoms with Crippen LogP contribution in [-0.4, -0.2) is 14.8 Å². The number of pyridine rings is 1. The molecule has 0 unspecified atom stereocenters. The third-order valence-corrected chi connectivity index (χ3v) is 5.11. The minimum absolute atomic E-state index is 0. The van der Waals surface area contributed by atoms with Crippen LogP contribution in [0.3, 0.4) is 0 Å². The molecule has 0 atom stereocenters. The minimum atomic E-state index is 0. The molecule has 0 N–H and O–H groups in total. The van der Waals surface area contributed by atoms with Gasteiger partial charge in [0.2, 0.25) is 0 Å². The van der Waals surface area contributed by atoms with Gasteiger partial charge in [-0.25, -0.2) is 33.1 Å². The molecule has 0 saturated heterocycles. The van der Waals surface area contributed by atoms with Gasteiger partial charge >= 0.3 is 21.1 Å². The molecule has 0 spiro atoms. The van der Waals surface area contributed by atoms with Crippen molar-refractivity contribution in [2.75, 3.05) is 4.90 Å². The van der Waals surface area contributed by atoms with E-state index in [2.05, 4.69) is 45.7 Å². The van der Waals surface area contributed by atoms with Gasteiger partial charge in [-0.2, -0.15) is 22.6 Å². The Balaban J connectivity index is 0.00000218. The van der Waals surface area contributed by atoms with Gasteiger partial charge in [0.25, 0.3) is 0 Å². The molecule has 5 rings (SSSR count). The van der Waals surface area contributed by atoms with Crippen LogP contribution in [-0.2, 0) is 21.1 Å². The van der Waals surface area contributed by atoms with E-state index in [1.807, 2.05) is 66.2 Å². The topological polar surface area (TPSA) is 34.0 Å². The van der Waals surface area contributed by atoms with Crippen LogP contribution in [0.15, 0.2) is 96.0 Å². The summed E-state index contributed by atoms with van der Waals surface area (Å²) in [5.74, 6) is 1.56. The molecule has 0 bridgehead atoms. The van der Waals surface area contributed by atoms with Crippen LogP contribution in [0, 0.1) is 12.1 Å². The summed E-state index contributed by atoms with van der Waals surface area (Å²) in [7, 11) is 0. The molecule has 0 radical (unpaired) electrons. The summed E-state index contributed by atoms with van der Waals surface area (Å²) in [6.45, 7) is 0. The molecule has 0 amide bonds. The zero-order valence-corrected chi connectivity index (χ0v) is 18.8. The van der Waals surface area contributed by atoms with Gasteiger partial charge < -0.3 is 4.90 Å². The average molecular weight is 588 g/mol. The zero-order valence-electron chi connectivity index (χ0n) is 15.8. The zero-order chi connectivity index (χ0) is 19.5. The first-order chi connectivity index (χ1) is 14.4. The molecule has 5 aromatic rings. The number of anilines is 3. The maximum atomic E-state index is 4.86. The maximum Gasteiger partial charge on any atom is 2.00 e. The van der Waals surface area contributed by atoms with Crippen LogP contribution in [0.5, 0.6) is 0 Å². The van der Waals surface area contributed by atoms with Crippen molar-refractivity contribution in [3.8, 4) is 16.9 Å². The number of hydrogen-bond acceptors (Lipinski definition) is 4. The fourth-order valence-corrected chi connectivity index (χ4v) is 3.75. The molecule has 4 nitrogen and oxygen atoms in total. The Morgan fingerprint density at radius 3 is 2.50 bits per heavy atom. The molecule has 0 aliphatic rings. The molecular formula is C24H16N4PtS. The SMILES string of the molecule is [Pt+2].[c-]1cscc1-c1[c-]c(N(c2ccccc2)c2cccc(-n3cccn3)n2)ccc1. The Kier molecular flexibility index (Phi) is 6.22. The quantitative estimate of drug-likeness (QED) is 0.235. The van der Waals surface area contributed by atoms with Crippen molar-refractivity contribution in [2.45, 2.75) is 0 Å². The van der Waals surface area contributed by atoms with Crippen LogP contribution in [0.25, 0.3) is 16.9 Å². The van der Waals surface area contributed by atoms with Crippen LogP contribution in [0.4, 0.5) is 17.2 Å². The van der Waals surface area contributed by atoms with E-state index in [4.69, 9.17) is 4.98 Å². The summed E-state index contributed by atoms with van der Waals surface area (Å²) >= 11 is 1.63. The summed E-state index contributed by atoms with van der Waals surface area (Å²) < 4.78 is 1.76. The van der Waals surface area contributed by atoms with Gasteiger partial charge in [-0.3, -0.25) is 11.1 Å². The number of rotatable bonds is 5. The van der Waals surface area contributed by atoms with Gasteiger partial charge in [-0.15, -0.1) is 6.07 Å². The van der Waals surface area contributed by atoms with Gasteiger partial charge in [-0.1, -0.05) is 29.6 Å². The first-order valence-corrected chi connectivity index (χ1v) is 10.1. The normalized spacial score (nSPS) is 10.4. The second-order valence-electron chi connectivity index (χ2n) is 6.36. The fraction of sp³-hybridized carbons (Fsp3) is 0. The molecular weight excluding hydrogens is 571 g/mol. The molecule has 6 heteroatoms. The number of nitrogens with zero attached hydrogens (tertiary/aromatic N) is 4. The molecule has 0 aliphatic heterocycles. The van der Waals surface area contributed by atoms with Crippen molar-refractivity contribution in [3.63, 3.8) is 0 Å². The van der Waals surface area contributed by atoms with E-state index in [-0.39, 0.29) is 21.1 Å². The van der Waals surface area contributed by atoms with Gasteiger partial charge in [0, 0.05) is 18.1 Å². The fourth-order valence-electron chi connectivity index (χ4n) is 3.16. The largest absolute Gasteiger partial charge is 2.00 e. The summed E-state index contributed by atoms with van der Waals surface area (Å²) in [6.07, 6.45) is 3.63. The number of benzene rings is 2. The summed E-state index contributed by atoms with van der Waals surface area (Å²) in [4.78, 5) is 6.96. The Hall–Kier alpha value is -3.01. The Bertz CT molecular complexity index is 1130. The predicted octanol–water partition coefficient (Wildman–Crippen LogP) is 6.06. The molecule has 30 heavy (non-hydrogen) atoms. The summed E-state index contributed by atoms with van der Waals surface area (Å²) in [5, 5.41) is 8.35. The monoisotopic (exact) mass is 587 g/mol. The number of aromatic nitrogens is 3. The molecule has 0 saturated carbocycles. The average Bonchev–Trinajstić information content (AvgIpc) is 3.50. The predicted molar refractivity (Wildman–Crippen MR) is 117 cm³/mol. The van der Waals surface area contributed by atoms with Crippen LogP contribution in [0.2, 0.25) is 0 Å². The summed E-state index contributed by atoms with van der Waals surface area (Å²) in [5.41, 5.74) is 3.98. The third-order valence-electron chi connectivity index (χ3n) is 4.48. The Labute approximate surface area is 193 Å². The van der Waals surface area contributed by atoms with E-state index >= 15 is 0 Å². The maximum absolute atomic E-state index is 4.86. The molecule has 0 fully saturated rings. The molecule has 2 aromatic carbocycles. The van der Waals surface area contributed by atoms with Crippen molar-refractivity contribution >= 4 is 28.5 Å². The Morgan fingerprint density at radius 1 is 0.867 bits per heavy atom. The minimum Gasteiger partial charge on any atom is -0.314 e. The van der Waals surface area contributed by atoms with Crippen molar-refractivity contribution in [1.29, 1.82) is 0 Å². The van der Waals surface area contributed by atoms with Crippen molar-refractivity contribution in [3.05, 3.63) is 108 Å². The van der Waals surface area contributed by atoms with E-state index in [1.54, 1.807) is 22.2 Å². The Morgan fingerprint density at radius 2 is 1.73 bits per heavy atom. The van der Waals surface area contributed by atoms with E-state index in [9.17, 15) is 0 Å². The molecule has 0 aliphatic carbocycles. The van der Waals surface area contributed by atoms with Crippen molar-refractivity contribution in [1.82, 2.24) is 14.8 Å². The standard InChI is InChI=1S/C24H16N4S.Pt/c1-2-8-21(9-3-1)28(22-10-4-7-19(17-22)20-13-16-29-18-20)24-12-5-11-23(26-24)27-15-6-14-25-27;/h1-12,14-16,18H;/q-2;+2. The van der Waals surface area contributed by atoms with Crippen LogP contribution in [0.1, 0.15) is 0 Å². The van der Waals surface area contributed by atoms with E-state index < -0.39 is 0 Å². The van der Waals surface area contributed by atoms with Crippen molar-refractivity contribution < 1.29 is 21.1 Å². The smallest absolute Gasteiger partial charge is 0.314 e. The van der Waals surface area contributed by atoms with E-state index in [1.165, 1.54) is 0 Å². The number of thiophene rings is 1. The van der Waals surface area contributed by atoms with Crippen molar-refractivity contribution in [2.24, 2.45) is 0 Å². The molecule has 3 aromatic heterocycles. The second-order valence-corrected chi connectivity index (χ2v) is 7.10. The molecule has 3 heterocycles. The van der Waals surface area contributed by atoms with Gasteiger partial charge in [0.1, 0.15) is 5.82 Å². The third kappa shape index (κ3) is 4.13. The van der Waals surface area contributed by atoms with Gasteiger partial charge in [0.15, 0.2) is 5.82 Å². The molecule has 148 valence electrons. The first kappa shape index (κ1) is 20.3.